The number of carbonyl (C=O) groups excluding carboxylic acids is 3. The number of rotatable bonds is 7. The predicted molar refractivity (Wildman–Crippen MR) is 141 cm³/mol. The average Bonchev–Trinajstić information content (AvgIpc) is 3.31. The van der Waals surface area contributed by atoms with Gasteiger partial charge in [0.15, 0.2) is 6.04 Å². The fourth-order valence-corrected chi connectivity index (χ4v) is 5.26. The molecule has 1 saturated carbocycles. The quantitative estimate of drug-likeness (QED) is 0.420. The molecule has 3 aromatic rings. The number of aromatic nitrogens is 2. The van der Waals surface area contributed by atoms with Crippen molar-refractivity contribution in [3.63, 3.8) is 0 Å². The summed E-state index contributed by atoms with van der Waals surface area (Å²) in [6.45, 7) is 1.61. The Bertz CT molecular complexity index is 1580. The summed E-state index contributed by atoms with van der Waals surface area (Å²) in [6.07, 6.45) is 1.31. The number of halogens is 4. The summed E-state index contributed by atoms with van der Waals surface area (Å²) < 4.78 is 56.3. The first kappa shape index (κ1) is 28.7. The molecule has 1 aliphatic carbocycles. The molecule has 1 aromatic carbocycles. The van der Waals surface area contributed by atoms with Crippen LogP contribution in [0.4, 0.5) is 29.1 Å². The number of carbonyl (C=O) groups is 3. The number of nitrogens with zero attached hydrogens (tertiary/aromatic N) is 5. The summed E-state index contributed by atoms with van der Waals surface area (Å²) in [5.74, 6) is -7.30. The monoisotopic (exact) mass is 580 g/mol. The van der Waals surface area contributed by atoms with Crippen molar-refractivity contribution < 1.29 is 31.9 Å². The van der Waals surface area contributed by atoms with Gasteiger partial charge in [-0.1, -0.05) is 6.07 Å². The molecule has 1 aliphatic heterocycles. The molecule has 13 heteroatoms. The molecule has 0 spiro atoms. The first-order valence-electron chi connectivity index (χ1n) is 13.0. The Kier molecular flexibility index (Phi) is 7.64. The Morgan fingerprint density at radius 2 is 1.83 bits per heavy atom. The highest BCUT2D eigenvalue weighted by Crippen LogP contribution is 2.39. The third-order valence-corrected chi connectivity index (χ3v) is 7.23. The summed E-state index contributed by atoms with van der Waals surface area (Å²) in [4.78, 5) is 51.6. The van der Waals surface area contributed by atoms with Gasteiger partial charge in [0, 0.05) is 43.8 Å². The van der Waals surface area contributed by atoms with Crippen molar-refractivity contribution in [2.45, 2.75) is 56.7 Å². The maximum Gasteiger partial charge on any atom is 0.252 e. The van der Waals surface area contributed by atoms with Crippen molar-refractivity contribution in [1.29, 1.82) is 5.26 Å². The lowest BCUT2D eigenvalue weighted by Crippen LogP contribution is -2.56. The van der Waals surface area contributed by atoms with Crippen LogP contribution in [0.2, 0.25) is 0 Å². The van der Waals surface area contributed by atoms with Crippen LogP contribution in [0.1, 0.15) is 48.5 Å². The highest BCUT2D eigenvalue weighted by molar-refractivity contribution is 6.10. The molecule has 42 heavy (non-hydrogen) atoms. The van der Waals surface area contributed by atoms with E-state index in [-0.39, 0.29) is 35.6 Å². The minimum Gasteiger partial charge on any atom is -0.351 e. The van der Waals surface area contributed by atoms with Crippen LogP contribution < -0.4 is 15.1 Å². The second kappa shape index (κ2) is 11.2. The van der Waals surface area contributed by atoms with Crippen LogP contribution in [0.15, 0.2) is 54.9 Å². The van der Waals surface area contributed by atoms with E-state index in [1.165, 1.54) is 24.5 Å². The number of nitriles is 1. The van der Waals surface area contributed by atoms with Crippen LogP contribution in [0.3, 0.4) is 0 Å². The Balaban J connectivity index is 1.63. The summed E-state index contributed by atoms with van der Waals surface area (Å²) in [5.41, 5.74) is 0.307. The molecule has 2 fully saturated rings. The van der Waals surface area contributed by atoms with Gasteiger partial charge in [-0.2, -0.15) is 5.26 Å². The zero-order valence-electron chi connectivity index (χ0n) is 22.2. The Morgan fingerprint density at radius 1 is 1.12 bits per heavy atom. The molecule has 2 aliphatic rings. The van der Waals surface area contributed by atoms with Crippen LogP contribution >= 0.6 is 0 Å². The summed E-state index contributed by atoms with van der Waals surface area (Å²) in [7, 11) is 0. The van der Waals surface area contributed by atoms with Gasteiger partial charge in [0.2, 0.25) is 11.8 Å². The van der Waals surface area contributed by atoms with Crippen LogP contribution in [0, 0.1) is 29.9 Å². The largest absolute Gasteiger partial charge is 0.351 e. The second-order valence-corrected chi connectivity index (χ2v) is 10.2. The Labute approximate surface area is 237 Å². The number of pyridine rings is 2. The number of nitrogens with one attached hydrogen (secondary N) is 1. The van der Waals surface area contributed by atoms with Gasteiger partial charge >= 0.3 is 0 Å². The molecule has 1 saturated heterocycles. The molecule has 2 atom stereocenters. The standard InChI is InChI=1S/C29H24F4N6O3/c1-16-3-2-7-36-25(16)26(27(41)37-20-13-29(32,33)14-20)38(21-11-18(30)10-19(31)12-21)28(42)22-4-5-24(40)39(22)23-9-17(15-34)6-8-35-23/h2-3,6-12,20,22,26H,4-5,13-14H2,1H3,(H,37,41). The van der Waals surface area contributed by atoms with Gasteiger partial charge in [0.1, 0.15) is 23.5 Å². The topological polar surface area (TPSA) is 119 Å². The van der Waals surface area contributed by atoms with Crippen molar-refractivity contribution >= 4 is 29.2 Å². The number of alkyl halides is 2. The Morgan fingerprint density at radius 3 is 2.48 bits per heavy atom. The van der Waals surface area contributed by atoms with Crippen molar-refractivity contribution in [1.82, 2.24) is 15.3 Å². The third-order valence-electron chi connectivity index (χ3n) is 7.23. The van der Waals surface area contributed by atoms with Gasteiger partial charge in [-0.15, -0.1) is 0 Å². The maximum absolute atomic E-state index is 14.5. The van der Waals surface area contributed by atoms with E-state index in [1.54, 1.807) is 19.1 Å². The van der Waals surface area contributed by atoms with Gasteiger partial charge in [-0.05, 0) is 49.2 Å². The van der Waals surface area contributed by atoms with Gasteiger partial charge in [-0.25, -0.2) is 22.5 Å². The van der Waals surface area contributed by atoms with Gasteiger partial charge in [0.05, 0.1) is 23.0 Å². The minimum atomic E-state index is -2.95. The molecule has 216 valence electrons. The lowest BCUT2D eigenvalue weighted by molar-refractivity contribution is -0.133. The first-order chi connectivity index (χ1) is 20.0. The van der Waals surface area contributed by atoms with E-state index in [0.717, 1.165) is 21.9 Å². The molecular weight excluding hydrogens is 556 g/mol. The van der Waals surface area contributed by atoms with Crippen molar-refractivity contribution in [3.8, 4) is 6.07 Å². The average molecular weight is 581 g/mol. The minimum absolute atomic E-state index is 0.00647. The summed E-state index contributed by atoms with van der Waals surface area (Å²) in [5, 5.41) is 11.8. The molecule has 0 bridgehead atoms. The van der Waals surface area contributed by atoms with Crippen LogP contribution in [-0.4, -0.2) is 45.7 Å². The van der Waals surface area contributed by atoms with Gasteiger partial charge in [-0.3, -0.25) is 29.2 Å². The number of anilines is 2. The normalized spacial score (nSPS) is 18.6. The fraction of sp³-hybridized carbons (Fsp3) is 0.310. The molecule has 2 aromatic heterocycles. The number of benzene rings is 1. The highest BCUT2D eigenvalue weighted by Gasteiger charge is 2.49. The zero-order chi connectivity index (χ0) is 30.2. The van der Waals surface area contributed by atoms with Crippen LogP contribution in [0.25, 0.3) is 0 Å². The fourth-order valence-electron chi connectivity index (χ4n) is 5.26. The SMILES string of the molecule is Cc1cccnc1C(C(=O)NC1CC(F)(F)C1)N(C(=O)C1CCC(=O)N1c1cc(C#N)ccn1)c1cc(F)cc(F)c1. The van der Waals surface area contributed by atoms with Crippen LogP contribution in [-0.2, 0) is 14.4 Å². The highest BCUT2D eigenvalue weighted by atomic mass is 19.3. The number of hydrogen-bond acceptors (Lipinski definition) is 6. The number of amides is 3. The van der Waals surface area contributed by atoms with Crippen molar-refractivity contribution in [2.75, 3.05) is 9.80 Å². The smallest absolute Gasteiger partial charge is 0.252 e. The van der Waals surface area contributed by atoms with Gasteiger partial charge in [0.25, 0.3) is 11.8 Å². The lowest BCUT2D eigenvalue weighted by Gasteiger charge is -2.39. The third kappa shape index (κ3) is 5.65. The molecule has 9 nitrogen and oxygen atoms in total. The number of hydrogen-bond donors (Lipinski definition) is 1. The summed E-state index contributed by atoms with van der Waals surface area (Å²) >= 11 is 0. The molecule has 1 N–H and O–H groups in total. The van der Waals surface area contributed by atoms with Crippen LogP contribution in [0.5, 0.6) is 0 Å². The van der Waals surface area contributed by atoms with E-state index in [0.29, 0.717) is 11.6 Å². The van der Waals surface area contributed by atoms with E-state index in [1.807, 2.05) is 6.07 Å². The van der Waals surface area contributed by atoms with Crippen molar-refractivity contribution in [2.24, 2.45) is 0 Å². The zero-order valence-corrected chi connectivity index (χ0v) is 22.2. The molecule has 5 rings (SSSR count). The second-order valence-electron chi connectivity index (χ2n) is 10.2. The van der Waals surface area contributed by atoms with E-state index in [9.17, 15) is 37.2 Å². The molecule has 3 amide bonds. The first-order valence-corrected chi connectivity index (χ1v) is 13.0. The predicted octanol–water partition coefficient (Wildman–Crippen LogP) is 4.12. The van der Waals surface area contributed by atoms with E-state index in [4.69, 9.17) is 0 Å². The lowest BCUT2D eigenvalue weighted by atomic mass is 9.88. The molecular formula is C29H24F4N6O3. The summed E-state index contributed by atoms with van der Waals surface area (Å²) in [6, 6.07) is 6.33. The van der Waals surface area contributed by atoms with E-state index >= 15 is 0 Å². The molecule has 0 radical (unpaired) electrons. The van der Waals surface area contributed by atoms with Gasteiger partial charge < -0.3 is 5.32 Å². The molecule has 2 unspecified atom stereocenters. The number of aryl methyl sites for hydroxylation is 1. The molecule has 3 heterocycles. The van der Waals surface area contributed by atoms with Crippen molar-refractivity contribution in [3.05, 3.63) is 83.3 Å². The van der Waals surface area contributed by atoms with E-state index in [2.05, 4.69) is 15.3 Å². The van der Waals surface area contributed by atoms with E-state index < -0.39 is 66.2 Å². The Hall–Kier alpha value is -4.86. The maximum atomic E-state index is 14.5.